The van der Waals surface area contributed by atoms with E-state index in [4.69, 9.17) is 5.73 Å². The van der Waals surface area contributed by atoms with E-state index in [9.17, 15) is 4.79 Å². The lowest BCUT2D eigenvalue weighted by molar-refractivity contribution is 0.0935. The molecule has 1 fully saturated rings. The van der Waals surface area contributed by atoms with Gasteiger partial charge in [-0.15, -0.1) is 0 Å². The number of nitrogen functional groups attached to an aromatic ring is 1. The van der Waals surface area contributed by atoms with E-state index in [0.717, 1.165) is 0 Å². The molecule has 2 rings (SSSR count). The molecule has 0 saturated heterocycles. The van der Waals surface area contributed by atoms with Gasteiger partial charge in [0.15, 0.2) is 0 Å². The summed E-state index contributed by atoms with van der Waals surface area (Å²) in [6, 6.07) is 1.93. The van der Waals surface area contributed by atoms with Crippen LogP contribution in [0.3, 0.4) is 0 Å². The van der Waals surface area contributed by atoms with E-state index in [-0.39, 0.29) is 22.8 Å². The minimum absolute atomic E-state index is 0.0483. The molecule has 0 bridgehead atoms. The summed E-state index contributed by atoms with van der Waals surface area (Å²) in [5, 5.41) is 3.09. The summed E-state index contributed by atoms with van der Waals surface area (Å²) < 4.78 is 1.76. The van der Waals surface area contributed by atoms with Crippen LogP contribution >= 0.6 is 0 Å². The fourth-order valence-electron chi connectivity index (χ4n) is 2.58. The third-order valence-corrected chi connectivity index (χ3v) is 4.55. The van der Waals surface area contributed by atoms with E-state index in [1.807, 2.05) is 7.05 Å². The van der Waals surface area contributed by atoms with Gasteiger partial charge >= 0.3 is 0 Å². The number of nitrogens with two attached hydrogens (primary N) is 1. The number of aromatic nitrogens is 1. The molecule has 1 aromatic heterocycles. The number of rotatable bonds is 2. The predicted molar refractivity (Wildman–Crippen MR) is 68.6 cm³/mol. The average Bonchev–Trinajstić information content (AvgIpc) is 2.50. The van der Waals surface area contributed by atoms with Gasteiger partial charge in [-0.1, -0.05) is 27.7 Å². The monoisotopic (exact) mass is 235 g/mol. The molecule has 17 heavy (non-hydrogen) atoms. The van der Waals surface area contributed by atoms with Crippen LogP contribution in [-0.4, -0.2) is 16.5 Å². The van der Waals surface area contributed by atoms with Gasteiger partial charge in [-0.25, -0.2) is 0 Å². The van der Waals surface area contributed by atoms with E-state index >= 15 is 0 Å². The van der Waals surface area contributed by atoms with E-state index < -0.39 is 0 Å². The van der Waals surface area contributed by atoms with Crippen molar-refractivity contribution < 1.29 is 4.79 Å². The average molecular weight is 235 g/mol. The van der Waals surface area contributed by atoms with E-state index in [1.165, 1.54) is 0 Å². The van der Waals surface area contributed by atoms with Gasteiger partial charge in [0.05, 0.1) is 5.69 Å². The smallest absolute Gasteiger partial charge is 0.268 e. The number of nitrogens with zero attached hydrogens (tertiary/aromatic N) is 1. The first-order chi connectivity index (χ1) is 7.68. The van der Waals surface area contributed by atoms with Crippen LogP contribution in [0.5, 0.6) is 0 Å². The lowest BCUT2D eigenvalue weighted by Crippen LogP contribution is -2.31. The van der Waals surface area contributed by atoms with Crippen molar-refractivity contribution in [3.63, 3.8) is 0 Å². The molecule has 4 heteroatoms. The van der Waals surface area contributed by atoms with Crippen LogP contribution < -0.4 is 11.1 Å². The number of carbonyl (C=O) groups excluding carboxylic acids is 1. The normalized spacial score (nSPS) is 21.2. The summed E-state index contributed by atoms with van der Waals surface area (Å²) in [6.45, 7) is 8.71. The molecule has 0 aliphatic heterocycles. The SMILES string of the molecule is Cn1cc(N)cc1C(=O)NC1C(C)(C)C1(C)C. The van der Waals surface area contributed by atoms with Gasteiger partial charge in [0.2, 0.25) is 0 Å². The molecule has 0 radical (unpaired) electrons. The van der Waals surface area contributed by atoms with Gasteiger partial charge in [-0.3, -0.25) is 4.79 Å². The lowest BCUT2D eigenvalue weighted by atomic mass is 10.0. The molecule has 0 atom stereocenters. The quantitative estimate of drug-likeness (QED) is 0.820. The molecule has 94 valence electrons. The van der Waals surface area contributed by atoms with E-state index in [0.29, 0.717) is 11.4 Å². The van der Waals surface area contributed by atoms with Crippen molar-refractivity contribution in [2.24, 2.45) is 17.9 Å². The molecule has 0 spiro atoms. The second-order valence-corrected chi connectivity index (χ2v) is 6.12. The Morgan fingerprint density at radius 3 is 2.24 bits per heavy atom. The number of aryl methyl sites for hydroxylation is 1. The second kappa shape index (κ2) is 3.28. The Morgan fingerprint density at radius 1 is 1.35 bits per heavy atom. The standard InChI is InChI=1S/C13H21N3O/c1-12(2)11(13(12,3)4)15-10(17)9-6-8(14)7-16(9)5/h6-7,11H,14H2,1-5H3,(H,15,17). The number of anilines is 1. The Hall–Kier alpha value is -1.45. The maximum absolute atomic E-state index is 12.1. The topological polar surface area (TPSA) is 60.0 Å². The number of hydrogen-bond acceptors (Lipinski definition) is 2. The molecule has 1 heterocycles. The highest BCUT2D eigenvalue weighted by Gasteiger charge is 2.65. The molecule has 1 aliphatic carbocycles. The summed E-state index contributed by atoms with van der Waals surface area (Å²) in [7, 11) is 1.83. The van der Waals surface area contributed by atoms with Crippen LogP contribution in [0.4, 0.5) is 5.69 Å². The Bertz CT molecular complexity index is 457. The Balaban J connectivity index is 2.12. The van der Waals surface area contributed by atoms with E-state index in [1.54, 1.807) is 16.8 Å². The van der Waals surface area contributed by atoms with Crippen molar-refractivity contribution >= 4 is 11.6 Å². The third-order valence-electron chi connectivity index (χ3n) is 4.55. The zero-order valence-corrected chi connectivity index (χ0v) is 11.2. The third kappa shape index (κ3) is 1.63. The fourth-order valence-corrected chi connectivity index (χ4v) is 2.58. The maximum Gasteiger partial charge on any atom is 0.268 e. The van der Waals surface area contributed by atoms with Crippen LogP contribution in [0, 0.1) is 10.8 Å². The first-order valence-corrected chi connectivity index (χ1v) is 5.90. The number of carbonyl (C=O) groups is 1. The summed E-state index contributed by atoms with van der Waals surface area (Å²) >= 11 is 0. The van der Waals surface area contributed by atoms with Crippen molar-refractivity contribution in [3.8, 4) is 0 Å². The molecule has 0 aromatic carbocycles. The largest absolute Gasteiger partial charge is 0.397 e. The highest BCUT2D eigenvalue weighted by Crippen LogP contribution is 2.62. The molecule has 1 amide bonds. The van der Waals surface area contributed by atoms with Crippen LogP contribution in [0.15, 0.2) is 12.3 Å². The van der Waals surface area contributed by atoms with Crippen molar-refractivity contribution in [2.75, 3.05) is 5.73 Å². The first-order valence-electron chi connectivity index (χ1n) is 5.90. The fraction of sp³-hybridized carbons (Fsp3) is 0.615. The van der Waals surface area contributed by atoms with Gasteiger partial charge in [0, 0.05) is 19.3 Å². The second-order valence-electron chi connectivity index (χ2n) is 6.12. The zero-order chi connectivity index (χ0) is 13.0. The predicted octanol–water partition coefficient (Wildman–Crippen LogP) is 1.77. The van der Waals surface area contributed by atoms with Gasteiger partial charge in [-0.05, 0) is 16.9 Å². The highest BCUT2D eigenvalue weighted by atomic mass is 16.2. The molecule has 3 N–H and O–H groups in total. The van der Waals surface area contributed by atoms with Crippen LogP contribution in [0.2, 0.25) is 0 Å². The Morgan fingerprint density at radius 2 is 1.88 bits per heavy atom. The Labute approximate surface area is 102 Å². The number of hydrogen-bond donors (Lipinski definition) is 2. The van der Waals surface area contributed by atoms with Crippen molar-refractivity contribution in [2.45, 2.75) is 33.7 Å². The molecule has 1 saturated carbocycles. The minimum atomic E-state index is -0.0483. The number of nitrogens with one attached hydrogen (secondary N) is 1. The van der Waals surface area contributed by atoms with Gasteiger partial charge < -0.3 is 15.6 Å². The van der Waals surface area contributed by atoms with Crippen molar-refractivity contribution in [3.05, 3.63) is 18.0 Å². The molecule has 4 nitrogen and oxygen atoms in total. The van der Waals surface area contributed by atoms with Crippen LogP contribution in [0.1, 0.15) is 38.2 Å². The summed E-state index contributed by atoms with van der Waals surface area (Å²) in [5.74, 6) is -0.0483. The summed E-state index contributed by atoms with van der Waals surface area (Å²) in [5.41, 5.74) is 7.20. The molecular weight excluding hydrogens is 214 g/mol. The molecule has 0 unspecified atom stereocenters. The minimum Gasteiger partial charge on any atom is -0.397 e. The summed E-state index contributed by atoms with van der Waals surface area (Å²) in [6.07, 6.45) is 1.75. The van der Waals surface area contributed by atoms with Crippen molar-refractivity contribution in [1.82, 2.24) is 9.88 Å². The van der Waals surface area contributed by atoms with Crippen molar-refractivity contribution in [1.29, 1.82) is 0 Å². The van der Waals surface area contributed by atoms with Gasteiger partial charge in [-0.2, -0.15) is 0 Å². The molecular formula is C13H21N3O. The summed E-state index contributed by atoms with van der Waals surface area (Å²) in [4.78, 5) is 12.1. The Kier molecular flexibility index (Phi) is 2.32. The molecule has 1 aliphatic rings. The van der Waals surface area contributed by atoms with Crippen LogP contribution in [-0.2, 0) is 7.05 Å². The zero-order valence-electron chi connectivity index (χ0n) is 11.2. The van der Waals surface area contributed by atoms with E-state index in [2.05, 4.69) is 33.0 Å². The maximum atomic E-state index is 12.1. The molecule has 1 aromatic rings. The number of amides is 1. The van der Waals surface area contributed by atoms with Gasteiger partial charge in [0.25, 0.3) is 5.91 Å². The lowest BCUT2D eigenvalue weighted by Gasteiger charge is -2.07. The highest BCUT2D eigenvalue weighted by molar-refractivity contribution is 5.94. The first kappa shape index (κ1) is 12.0. The van der Waals surface area contributed by atoms with Gasteiger partial charge in [0.1, 0.15) is 5.69 Å². The van der Waals surface area contributed by atoms with Crippen LogP contribution in [0.25, 0.3) is 0 Å².